The van der Waals surface area contributed by atoms with Crippen LogP contribution in [0.5, 0.6) is 11.5 Å². The molecule has 3 bridgehead atoms. The van der Waals surface area contributed by atoms with Gasteiger partial charge in [-0.05, 0) is 30.7 Å². The first-order chi connectivity index (χ1) is 12.0. The van der Waals surface area contributed by atoms with Crippen LogP contribution in [0.3, 0.4) is 0 Å². The maximum absolute atomic E-state index is 12.7. The third-order valence-electron chi connectivity index (χ3n) is 4.90. The fraction of sp³-hybridized carbons (Fsp3) is 0.312. The Morgan fingerprint density at radius 1 is 1.32 bits per heavy atom. The Morgan fingerprint density at radius 2 is 2.12 bits per heavy atom. The van der Waals surface area contributed by atoms with Crippen molar-refractivity contribution in [2.45, 2.75) is 13.3 Å². The number of primary amides is 1. The molecule has 1 aromatic carbocycles. The number of nitrogens with two attached hydrogens (primary N) is 1. The zero-order valence-corrected chi connectivity index (χ0v) is 14.4. The third-order valence-corrected chi connectivity index (χ3v) is 6.07. The van der Waals surface area contributed by atoms with E-state index in [1.807, 2.05) is 0 Å². The fourth-order valence-electron chi connectivity index (χ4n) is 3.62. The number of fused-ring (bicyclic) bond motifs is 3. The van der Waals surface area contributed by atoms with E-state index in [4.69, 9.17) is 19.4 Å². The minimum Gasteiger partial charge on any atom is -0.383 e. The van der Waals surface area contributed by atoms with Crippen molar-refractivity contribution in [2.75, 3.05) is 19.6 Å². The van der Waals surface area contributed by atoms with Crippen LogP contribution in [0.25, 0.3) is 16.5 Å². The first-order valence-corrected chi connectivity index (χ1v) is 9.59. The Balaban J connectivity index is 1.77. The van der Waals surface area contributed by atoms with Gasteiger partial charge in [0.25, 0.3) is 5.91 Å². The molecule has 25 heavy (non-hydrogen) atoms. The van der Waals surface area contributed by atoms with E-state index in [2.05, 4.69) is 17.9 Å². The highest BCUT2D eigenvalue weighted by atomic mass is 31.2. The molecule has 130 valence electrons. The second kappa shape index (κ2) is 4.80. The average molecular weight is 361 g/mol. The van der Waals surface area contributed by atoms with E-state index in [1.54, 1.807) is 12.1 Å². The first-order valence-electron chi connectivity index (χ1n) is 8.13. The fourth-order valence-corrected chi connectivity index (χ4v) is 4.91. The number of amides is 1. The van der Waals surface area contributed by atoms with Gasteiger partial charge in [0, 0.05) is 13.1 Å². The van der Waals surface area contributed by atoms with Crippen LogP contribution in [0.15, 0.2) is 18.2 Å². The normalized spacial score (nSPS) is 24.0. The van der Waals surface area contributed by atoms with Gasteiger partial charge in [0.15, 0.2) is 11.5 Å². The summed E-state index contributed by atoms with van der Waals surface area (Å²) >= 11 is 0. The topological polar surface area (TPSA) is 96.0 Å². The molecular formula is C16H16N3O5P. The number of carbonyl (C=O) groups excluding carboxylic acids is 1. The summed E-state index contributed by atoms with van der Waals surface area (Å²) in [6.45, 7) is 4.87. The Labute approximate surface area is 143 Å². The highest BCUT2D eigenvalue weighted by Crippen LogP contribution is 2.63. The van der Waals surface area contributed by atoms with Crippen LogP contribution in [-0.4, -0.2) is 35.2 Å². The van der Waals surface area contributed by atoms with E-state index in [1.165, 1.54) is 4.73 Å². The van der Waals surface area contributed by atoms with Gasteiger partial charge in [-0.3, -0.25) is 14.3 Å². The number of phosphoric acid groups is 1. The van der Waals surface area contributed by atoms with Crippen LogP contribution in [0.2, 0.25) is 0 Å². The molecule has 3 aliphatic rings. The average Bonchev–Trinajstić information content (AvgIpc) is 2.77. The summed E-state index contributed by atoms with van der Waals surface area (Å²) in [5.74, 6) is -0.0215. The van der Waals surface area contributed by atoms with Crippen LogP contribution in [0, 0.1) is 0 Å². The van der Waals surface area contributed by atoms with Crippen molar-refractivity contribution >= 4 is 30.2 Å². The molecular weight excluding hydrogens is 345 g/mol. The molecule has 0 fully saturated rings. The first kappa shape index (κ1) is 14.9. The number of phosphoric ester groups is 1. The van der Waals surface area contributed by atoms with Crippen LogP contribution < -0.4 is 19.4 Å². The Hall–Kier alpha value is -2.44. The Kier molecular flexibility index (Phi) is 2.86. The number of likely N-dealkylation sites (N-methyl/N-ethyl adjacent to an activating group) is 1. The maximum atomic E-state index is 12.7. The second-order valence-electron chi connectivity index (χ2n) is 6.26. The van der Waals surface area contributed by atoms with Crippen molar-refractivity contribution in [1.82, 2.24) is 9.63 Å². The lowest BCUT2D eigenvalue weighted by Crippen LogP contribution is -2.29. The lowest BCUT2D eigenvalue weighted by Gasteiger charge is -2.30. The van der Waals surface area contributed by atoms with Crippen molar-refractivity contribution in [3.63, 3.8) is 0 Å². The van der Waals surface area contributed by atoms with E-state index < -0.39 is 13.7 Å². The molecule has 0 saturated carbocycles. The number of aromatic nitrogens is 1. The molecule has 1 aromatic heterocycles. The van der Waals surface area contributed by atoms with Crippen LogP contribution in [0.4, 0.5) is 0 Å². The lowest BCUT2D eigenvalue weighted by molar-refractivity contribution is 0.0998. The zero-order valence-electron chi connectivity index (χ0n) is 13.5. The second-order valence-corrected chi connectivity index (χ2v) is 7.68. The number of carbonyl (C=O) groups is 1. The van der Waals surface area contributed by atoms with Crippen molar-refractivity contribution in [1.29, 1.82) is 0 Å². The van der Waals surface area contributed by atoms with Gasteiger partial charge in [0.2, 0.25) is 0 Å². The molecule has 9 heteroatoms. The predicted octanol–water partition coefficient (Wildman–Crippen LogP) is 2.17. The lowest BCUT2D eigenvalue weighted by atomic mass is 10.0. The molecule has 0 radical (unpaired) electrons. The highest BCUT2D eigenvalue weighted by Gasteiger charge is 2.49. The molecule has 8 nitrogen and oxygen atoms in total. The molecule has 0 aliphatic carbocycles. The van der Waals surface area contributed by atoms with E-state index in [0.717, 1.165) is 37.3 Å². The minimum absolute atomic E-state index is 0.168. The van der Waals surface area contributed by atoms with Gasteiger partial charge in [-0.25, -0.2) is 0 Å². The summed E-state index contributed by atoms with van der Waals surface area (Å²) in [5.41, 5.74) is 8.05. The number of benzene rings is 1. The molecule has 1 amide bonds. The van der Waals surface area contributed by atoms with Crippen molar-refractivity contribution in [2.24, 2.45) is 5.73 Å². The molecule has 1 atom stereocenters. The van der Waals surface area contributed by atoms with Crippen molar-refractivity contribution in [3.05, 3.63) is 29.5 Å². The number of nitrogens with zero attached hydrogens (tertiary/aromatic N) is 2. The quantitative estimate of drug-likeness (QED) is 0.842. The molecule has 0 spiro atoms. The molecule has 4 heterocycles. The van der Waals surface area contributed by atoms with Gasteiger partial charge in [-0.2, -0.15) is 9.30 Å². The smallest absolute Gasteiger partial charge is 0.383 e. The van der Waals surface area contributed by atoms with Gasteiger partial charge in [-0.1, -0.05) is 13.0 Å². The number of hydrogen-bond acceptors (Lipinski definition) is 6. The van der Waals surface area contributed by atoms with Crippen LogP contribution in [-0.2, 0) is 4.57 Å². The van der Waals surface area contributed by atoms with Gasteiger partial charge in [-0.15, -0.1) is 0 Å². The summed E-state index contributed by atoms with van der Waals surface area (Å²) in [7, 11) is -3.85. The molecule has 2 N–H and O–H groups in total. The SMILES string of the molecule is CCN1CC=C(c2c3c4c5c(C(N)=O)ccc4n2OP(=O)(O5)O3)CC1. The van der Waals surface area contributed by atoms with Crippen LogP contribution in [0.1, 0.15) is 29.4 Å². The molecule has 3 aliphatic heterocycles. The van der Waals surface area contributed by atoms with E-state index in [0.29, 0.717) is 16.7 Å². The van der Waals surface area contributed by atoms with E-state index in [9.17, 15) is 9.36 Å². The summed E-state index contributed by atoms with van der Waals surface area (Å²) in [4.78, 5) is 14.0. The molecule has 1 unspecified atom stereocenters. The largest absolute Gasteiger partial charge is 0.666 e. The highest BCUT2D eigenvalue weighted by molar-refractivity contribution is 7.49. The molecule has 0 saturated heterocycles. The standard InChI is InChI=1S/C16H16N3O5P/c1-2-18-7-5-9(6-8-18)13-15-12-11-4-3-10(16(17)20)14(12)22-25(21,23-15)24-19(11)13/h3-5H,2,6-8H2,1H3,(H2,17,20). The summed E-state index contributed by atoms with van der Waals surface area (Å²) in [5, 5.41) is 0.578. The van der Waals surface area contributed by atoms with Gasteiger partial charge < -0.3 is 14.8 Å². The monoisotopic (exact) mass is 361 g/mol. The van der Waals surface area contributed by atoms with Gasteiger partial charge in [0.1, 0.15) is 5.69 Å². The van der Waals surface area contributed by atoms with Crippen LogP contribution >= 0.6 is 7.82 Å². The van der Waals surface area contributed by atoms with E-state index >= 15 is 0 Å². The minimum atomic E-state index is -3.85. The van der Waals surface area contributed by atoms with Gasteiger partial charge in [0.05, 0.1) is 16.5 Å². The summed E-state index contributed by atoms with van der Waals surface area (Å²) in [6.07, 6.45) is 2.95. The molecule has 2 aromatic rings. The number of rotatable bonds is 3. The summed E-state index contributed by atoms with van der Waals surface area (Å²) < 4.78 is 30.8. The van der Waals surface area contributed by atoms with E-state index in [-0.39, 0.29) is 11.3 Å². The van der Waals surface area contributed by atoms with Crippen molar-refractivity contribution in [3.8, 4) is 11.5 Å². The zero-order chi connectivity index (χ0) is 17.3. The molecule has 5 rings (SSSR count). The third kappa shape index (κ3) is 1.92. The summed E-state index contributed by atoms with van der Waals surface area (Å²) in [6, 6.07) is 3.27. The maximum Gasteiger partial charge on any atom is 0.666 e. The van der Waals surface area contributed by atoms with Crippen molar-refractivity contribution < 1.29 is 23.0 Å². The van der Waals surface area contributed by atoms with Gasteiger partial charge >= 0.3 is 7.82 Å². The predicted molar refractivity (Wildman–Crippen MR) is 90.6 cm³/mol. The Bertz CT molecular complexity index is 1020. The Morgan fingerprint density at radius 3 is 2.80 bits per heavy atom. The number of hydrogen-bond donors (Lipinski definition) is 1.